The SMILES string of the molecule is CCc1ccc(C(Br)c2cc3[nH]c(=O)[nH]c3cc2Br)o1. The Morgan fingerprint density at radius 2 is 1.95 bits per heavy atom. The maximum atomic E-state index is 11.3. The van der Waals surface area contributed by atoms with Crippen LogP contribution in [0.15, 0.2) is 37.9 Å². The first-order valence-corrected chi connectivity index (χ1v) is 7.93. The summed E-state index contributed by atoms with van der Waals surface area (Å²) in [7, 11) is 0. The molecule has 0 aliphatic carbocycles. The minimum absolute atomic E-state index is 0.0695. The second kappa shape index (κ2) is 5.26. The van der Waals surface area contributed by atoms with Gasteiger partial charge in [0.1, 0.15) is 11.5 Å². The number of H-pyrrole nitrogens is 2. The molecule has 6 heteroatoms. The monoisotopic (exact) mass is 398 g/mol. The molecule has 1 aromatic carbocycles. The Bertz CT molecular complexity index is 816. The van der Waals surface area contributed by atoms with Gasteiger partial charge in [-0.25, -0.2) is 4.79 Å². The molecule has 4 nitrogen and oxygen atoms in total. The van der Waals surface area contributed by atoms with Crippen molar-refractivity contribution in [2.24, 2.45) is 0 Å². The number of aryl methyl sites for hydroxylation is 1. The molecule has 1 atom stereocenters. The number of halogens is 2. The van der Waals surface area contributed by atoms with Gasteiger partial charge in [0.15, 0.2) is 0 Å². The van der Waals surface area contributed by atoms with Crippen molar-refractivity contribution in [3.8, 4) is 0 Å². The van der Waals surface area contributed by atoms with Crippen LogP contribution in [0.1, 0.15) is 28.8 Å². The second-order valence-electron chi connectivity index (χ2n) is 4.52. The van der Waals surface area contributed by atoms with Gasteiger partial charge in [0.05, 0.1) is 15.9 Å². The van der Waals surface area contributed by atoms with Crippen LogP contribution in [0.3, 0.4) is 0 Å². The lowest BCUT2D eigenvalue weighted by atomic mass is 10.1. The van der Waals surface area contributed by atoms with Crippen LogP contribution in [0.5, 0.6) is 0 Å². The molecule has 3 aromatic rings. The largest absolute Gasteiger partial charge is 0.465 e. The maximum Gasteiger partial charge on any atom is 0.323 e. The van der Waals surface area contributed by atoms with E-state index in [0.717, 1.165) is 39.0 Å². The quantitative estimate of drug-likeness (QED) is 0.646. The van der Waals surface area contributed by atoms with E-state index in [9.17, 15) is 4.79 Å². The zero-order valence-corrected chi connectivity index (χ0v) is 13.8. The molecule has 3 rings (SSSR count). The smallest absolute Gasteiger partial charge is 0.323 e. The Labute approximate surface area is 131 Å². The molecule has 0 saturated heterocycles. The van der Waals surface area contributed by atoms with Crippen LogP contribution in [0.25, 0.3) is 11.0 Å². The second-order valence-corrected chi connectivity index (χ2v) is 6.29. The molecule has 0 fully saturated rings. The van der Waals surface area contributed by atoms with E-state index in [1.807, 2.05) is 24.3 Å². The number of imidazole rings is 1. The number of benzene rings is 1. The molecular weight excluding hydrogens is 388 g/mol. The molecular formula is C14H12Br2N2O2. The van der Waals surface area contributed by atoms with Gasteiger partial charge in [0.2, 0.25) is 0 Å². The number of aromatic nitrogens is 2. The summed E-state index contributed by atoms with van der Waals surface area (Å²) in [6.07, 6.45) is 0.866. The summed E-state index contributed by atoms with van der Waals surface area (Å²) in [6.45, 7) is 2.05. The van der Waals surface area contributed by atoms with Crippen LogP contribution in [-0.4, -0.2) is 9.97 Å². The number of fused-ring (bicyclic) bond motifs is 1. The molecule has 2 aromatic heterocycles. The Balaban J connectivity index is 2.07. The van der Waals surface area contributed by atoms with Crippen molar-refractivity contribution >= 4 is 42.9 Å². The number of hydrogen-bond acceptors (Lipinski definition) is 2. The van der Waals surface area contributed by atoms with Crippen molar-refractivity contribution in [1.82, 2.24) is 9.97 Å². The number of alkyl halides is 1. The molecule has 0 aliphatic heterocycles. The summed E-state index contributed by atoms with van der Waals surface area (Å²) >= 11 is 7.19. The van der Waals surface area contributed by atoms with Crippen LogP contribution in [0.4, 0.5) is 0 Å². The average Bonchev–Trinajstić information content (AvgIpc) is 3.02. The number of rotatable bonds is 3. The van der Waals surface area contributed by atoms with E-state index in [1.165, 1.54) is 0 Å². The van der Waals surface area contributed by atoms with Gasteiger partial charge >= 0.3 is 5.69 Å². The molecule has 0 spiro atoms. The number of nitrogens with one attached hydrogen (secondary N) is 2. The lowest BCUT2D eigenvalue weighted by molar-refractivity contribution is 0.477. The molecule has 0 amide bonds. The first kappa shape index (κ1) is 13.7. The molecule has 0 saturated carbocycles. The van der Waals surface area contributed by atoms with E-state index in [-0.39, 0.29) is 10.5 Å². The Morgan fingerprint density at radius 3 is 2.60 bits per heavy atom. The highest BCUT2D eigenvalue weighted by molar-refractivity contribution is 9.11. The number of furan rings is 1. The predicted octanol–water partition coefficient (Wildman–Crippen LogP) is 4.26. The summed E-state index contributed by atoms with van der Waals surface area (Å²) in [5.41, 5.74) is 2.35. The van der Waals surface area contributed by atoms with Crippen LogP contribution in [-0.2, 0) is 6.42 Å². The van der Waals surface area contributed by atoms with Crippen molar-refractivity contribution in [1.29, 1.82) is 0 Å². The highest BCUT2D eigenvalue weighted by atomic mass is 79.9. The van der Waals surface area contributed by atoms with Gasteiger partial charge in [-0.1, -0.05) is 38.8 Å². The summed E-state index contributed by atoms with van der Waals surface area (Å²) in [5.74, 6) is 1.80. The summed E-state index contributed by atoms with van der Waals surface area (Å²) in [6, 6.07) is 7.77. The van der Waals surface area contributed by atoms with E-state index in [0.29, 0.717) is 0 Å². The average molecular weight is 400 g/mol. The number of hydrogen-bond donors (Lipinski definition) is 2. The highest BCUT2D eigenvalue weighted by Gasteiger charge is 2.18. The molecule has 0 aliphatic rings. The molecule has 2 N–H and O–H groups in total. The first-order chi connectivity index (χ1) is 9.58. The van der Waals surface area contributed by atoms with Gasteiger partial charge in [0, 0.05) is 10.9 Å². The maximum absolute atomic E-state index is 11.3. The topological polar surface area (TPSA) is 61.8 Å². The fourth-order valence-corrected chi connectivity index (χ4v) is 3.65. The molecule has 0 bridgehead atoms. The zero-order valence-electron chi connectivity index (χ0n) is 10.7. The van der Waals surface area contributed by atoms with E-state index < -0.39 is 0 Å². The van der Waals surface area contributed by atoms with Crippen LogP contribution in [0, 0.1) is 0 Å². The van der Waals surface area contributed by atoms with E-state index >= 15 is 0 Å². The predicted molar refractivity (Wildman–Crippen MR) is 85.5 cm³/mol. The van der Waals surface area contributed by atoms with E-state index in [2.05, 4.69) is 48.8 Å². The van der Waals surface area contributed by atoms with Crippen LogP contribution >= 0.6 is 31.9 Å². The van der Waals surface area contributed by atoms with Crippen LogP contribution in [0.2, 0.25) is 0 Å². The minimum atomic E-state index is -0.207. The van der Waals surface area contributed by atoms with Gasteiger partial charge in [-0.2, -0.15) is 0 Å². The van der Waals surface area contributed by atoms with Gasteiger partial charge in [-0.3, -0.25) is 0 Å². The number of aromatic amines is 2. The zero-order chi connectivity index (χ0) is 14.3. The highest BCUT2D eigenvalue weighted by Crippen LogP contribution is 2.37. The lowest BCUT2D eigenvalue weighted by Gasteiger charge is -2.10. The third-order valence-corrected chi connectivity index (χ3v) is 4.82. The van der Waals surface area contributed by atoms with Crippen LogP contribution < -0.4 is 5.69 Å². The molecule has 104 valence electrons. The molecule has 1 unspecified atom stereocenters. The normalized spacial score (nSPS) is 12.9. The van der Waals surface area contributed by atoms with Crippen molar-refractivity contribution < 1.29 is 4.42 Å². The minimum Gasteiger partial charge on any atom is -0.465 e. The van der Waals surface area contributed by atoms with E-state index in [1.54, 1.807) is 0 Å². The Morgan fingerprint density at radius 1 is 1.25 bits per heavy atom. The molecule has 0 radical (unpaired) electrons. The summed E-state index contributed by atoms with van der Waals surface area (Å²) in [4.78, 5) is 16.8. The van der Waals surface area contributed by atoms with Crippen molar-refractivity contribution in [3.05, 3.63) is 56.3 Å². The standard InChI is InChI=1S/C14H12Br2N2O2/c1-2-7-3-4-12(20-7)13(16)8-5-10-11(6-9(8)15)18-14(19)17-10/h3-6,13H,2H2,1H3,(H2,17,18,19). The Kier molecular flexibility index (Phi) is 3.60. The molecule has 20 heavy (non-hydrogen) atoms. The van der Waals surface area contributed by atoms with Gasteiger partial charge < -0.3 is 14.4 Å². The van der Waals surface area contributed by atoms with Gasteiger partial charge in [-0.05, 0) is 29.8 Å². The summed E-state index contributed by atoms with van der Waals surface area (Å²) in [5, 5.41) is 0. The summed E-state index contributed by atoms with van der Waals surface area (Å²) < 4.78 is 6.69. The fraction of sp³-hybridized carbons (Fsp3) is 0.214. The third-order valence-electron chi connectivity index (χ3n) is 3.19. The van der Waals surface area contributed by atoms with E-state index in [4.69, 9.17) is 4.42 Å². The lowest BCUT2D eigenvalue weighted by Crippen LogP contribution is -1.99. The first-order valence-electron chi connectivity index (χ1n) is 6.22. The van der Waals surface area contributed by atoms with Crippen molar-refractivity contribution in [3.63, 3.8) is 0 Å². The fourth-order valence-electron chi connectivity index (χ4n) is 2.14. The third kappa shape index (κ3) is 2.38. The van der Waals surface area contributed by atoms with Gasteiger partial charge in [-0.15, -0.1) is 0 Å². The van der Waals surface area contributed by atoms with Crippen molar-refractivity contribution in [2.45, 2.75) is 18.2 Å². The molecule has 2 heterocycles. The Hall–Kier alpha value is -1.27. The van der Waals surface area contributed by atoms with Crippen molar-refractivity contribution in [2.75, 3.05) is 0 Å². The van der Waals surface area contributed by atoms with Gasteiger partial charge in [0.25, 0.3) is 0 Å².